The third-order valence-corrected chi connectivity index (χ3v) is 5.07. The Bertz CT molecular complexity index is 1310. The summed E-state index contributed by atoms with van der Waals surface area (Å²) < 4.78 is 38.6. The van der Waals surface area contributed by atoms with Gasteiger partial charge >= 0.3 is 12.2 Å². The lowest BCUT2D eigenvalue weighted by Gasteiger charge is -2.12. The minimum absolute atomic E-state index is 0.0368. The maximum absolute atomic E-state index is 12.9. The van der Waals surface area contributed by atoms with Gasteiger partial charge < -0.3 is 16.4 Å². The number of urea groups is 1. The molecular weight excluding hydrogens is 433 g/mol. The number of rotatable bonds is 4. The first-order valence-corrected chi connectivity index (χ1v) is 10.1. The van der Waals surface area contributed by atoms with Crippen molar-refractivity contribution in [2.75, 3.05) is 16.4 Å². The molecule has 0 saturated heterocycles. The molecule has 0 saturated carbocycles. The van der Waals surface area contributed by atoms with Crippen molar-refractivity contribution >= 4 is 34.3 Å². The highest BCUT2D eigenvalue weighted by molar-refractivity contribution is 6.01. The normalized spacial score (nSPS) is 11.7. The van der Waals surface area contributed by atoms with E-state index in [0.717, 1.165) is 29.0 Å². The zero-order valence-corrected chi connectivity index (χ0v) is 17.8. The van der Waals surface area contributed by atoms with Crippen molar-refractivity contribution in [3.63, 3.8) is 0 Å². The third-order valence-electron chi connectivity index (χ3n) is 5.07. The van der Waals surface area contributed by atoms with Gasteiger partial charge in [0.1, 0.15) is 0 Å². The standard InChI is InChI=1S/C23H21F3N6O/c1-12(2)18-11-17(19-20(27)31-32-21(19)30-18)13-6-8-15(9-7-13)28-22(33)29-16-5-3-4-14(10-16)23(24,25)26/h3-12H,1-2H3,(H2,28,29,33)(H3,27,30,31,32). The van der Waals surface area contributed by atoms with Gasteiger partial charge in [-0.25, -0.2) is 9.78 Å². The molecule has 2 heterocycles. The molecule has 0 unspecified atom stereocenters. The van der Waals surface area contributed by atoms with E-state index in [4.69, 9.17) is 5.73 Å². The van der Waals surface area contributed by atoms with Crippen LogP contribution in [0.2, 0.25) is 0 Å². The number of halogens is 3. The molecule has 0 atom stereocenters. The number of carbonyl (C=O) groups is 1. The van der Waals surface area contributed by atoms with Crippen LogP contribution in [0.25, 0.3) is 22.2 Å². The summed E-state index contributed by atoms with van der Waals surface area (Å²) >= 11 is 0. The number of fused-ring (bicyclic) bond motifs is 1. The second kappa shape index (κ2) is 8.45. The predicted octanol–water partition coefficient (Wildman–Crippen LogP) is 5.99. The molecule has 0 aliphatic carbocycles. The molecule has 0 radical (unpaired) electrons. The first-order chi connectivity index (χ1) is 15.6. The number of nitrogens with one attached hydrogen (secondary N) is 3. The van der Waals surface area contributed by atoms with E-state index in [0.29, 0.717) is 22.5 Å². The van der Waals surface area contributed by atoms with Crippen molar-refractivity contribution in [3.8, 4) is 11.1 Å². The van der Waals surface area contributed by atoms with E-state index in [9.17, 15) is 18.0 Å². The largest absolute Gasteiger partial charge is 0.416 e. The number of amides is 2. The first kappa shape index (κ1) is 22.1. The highest BCUT2D eigenvalue weighted by Crippen LogP contribution is 2.34. The summed E-state index contributed by atoms with van der Waals surface area (Å²) in [6.45, 7) is 4.07. The summed E-state index contributed by atoms with van der Waals surface area (Å²) in [7, 11) is 0. The molecule has 10 heteroatoms. The van der Waals surface area contributed by atoms with Crippen LogP contribution in [-0.4, -0.2) is 21.2 Å². The van der Waals surface area contributed by atoms with Gasteiger partial charge in [0.05, 0.1) is 10.9 Å². The number of H-pyrrole nitrogens is 1. The number of pyridine rings is 1. The molecule has 2 aromatic heterocycles. The monoisotopic (exact) mass is 454 g/mol. The van der Waals surface area contributed by atoms with Gasteiger partial charge in [0.25, 0.3) is 0 Å². The number of aromatic amines is 1. The lowest BCUT2D eigenvalue weighted by atomic mass is 9.99. The zero-order valence-electron chi connectivity index (χ0n) is 17.8. The Balaban J connectivity index is 1.54. The minimum atomic E-state index is -4.49. The van der Waals surface area contributed by atoms with Gasteiger partial charge in [-0.15, -0.1) is 0 Å². The van der Waals surface area contributed by atoms with E-state index in [1.807, 2.05) is 32.0 Å². The molecule has 33 heavy (non-hydrogen) atoms. The minimum Gasteiger partial charge on any atom is -0.382 e. The van der Waals surface area contributed by atoms with Crippen LogP contribution in [0.5, 0.6) is 0 Å². The van der Waals surface area contributed by atoms with Crippen molar-refractivity contribution < 1.29 is 18.0 Å². The van der Waals surface area contributed by atoms with Gasteiger partial charge in [0.2, 0.25) is 0 Å². The van der Waals surface area contributed by atoms with Gasteiger partial charge in [-0.2, -0.15) is 18.3 Å². The number of nitrogens with two attached hydrogens (primary N) is 1. The van der Waals surface area contributed by atoms with E-state index < -0.39 is 17.8 Å². The Morgan fingerprint density at radius 1 is 1.03 bits per heavy atom. The fourth-order valence-electron chi connectivity index (χ4n) is 3.40. The highest BCUT2D eigenvalue weighted by atomic mass is 19.4. The number of nitrogens with zero attached hydrogens (tertiary/aromatic N) is 2. The summed E-state index contributed by atoms with van der Waals surface area (Å²) in [5, 5.41) is 12.6. The van der Waals surface area contributed by atoms with E-state index in [1.54, 1.807) is 12.1 Å². The van der Waals surface area contributed by atoms with Crippen molar-refractivity contribution in [1.82, 2.24) is 15.2 Å². The average molecular weight is 454 g/mol. The number of benzene rings is 2. The number of alkyl halides is 3. The maximum Gasteiger partial charge on any atom is 0.416 e. The summed E-state index contributed by atoms with van der Waals surface area (Å²) in [6, 6.07) is 12.7. The van der Waals surface area contributed by atoms with Crippen LogP contribution in [0, 0.1) is 0 Å². The molecule has 4 rings (SSSR count). The highest BCUT2D eigenvalue weighted by Gasteiger charge is 2.30. The molecule has 0 aliphatic rings. The maximum atomic E-state index is 12.9. The Morgan fingerprint density at radius 3 is 2.39 bits per heavy atom. The average Bonchev–Trinajstić information content (AvgIpc) is 3.14. The molecule has 0 aliphatic heterocycles. The number of hydrogen-bond donors (Lipinski definition) is 4. The zero-order chi connectivity index (χ0) is 23.8. The predicted molar refractivity (Wildman–Crippen MR) is 122 cm³/mol. The molecule has 4 aromatic rings. The number of anilines is 3. The van der Waals surface area contributed by atoms with Crippen LogP contribution in [-0.2, 0) is 6.18 Å². The van der Waals surface area contributed by atoms with Crippen LogP contribution in [0.4, 0.5) is 35.2 Å². The molecule has 170 valence electrons. The number of aromatic nitrogens is 3. The quantitative estimate of drug-likeness (QED) is 0.303. The molecule has 0 spiro atoms. The van der Waals surface area contributed by atoms with Gasteiger partial charge in [-0.3, -0.25) is 5.10 Å². The van der Waals surface area contributed by atoms with Crippen LogP contribution < -0.4 is 16.4 Å². The first-order valence-electron chi connectivity index (χ1n) is 10.1. The molecular formula is C23H21F3N6O. The van der Waals surface area contributed by atoms with Crippen LogP contribution >= 0.6 is 0 Å². The Morgan fingerprint density at radius 2 is 1.73 bits per heavy atom. The second-order valence-corrected chi connectivity index (χ2v) is 7.82. The van der Waals surface area contributed by atoms with E-state index in [2.05, 4.69) is 25.8 Å². The summed E-state index contributed by atoms with van der Waals surface area (Å²) in [5.74, 6) is 0.531. The van der Waals surface area contributed by atoms with Crippen molar-refractivity contribution in [2.45, 2.75) is 25.9 Å². The van der Waals surface area contributed by atoms with Gasteiger partial charge in [0, 0.05) is 17.1 Å². The second-order valence-electron chi connectivity index (χ2n) is 7.82. The summed E-state index contributed by atoms with van der Waals surface area (Å²) in [6.07, 6.45) is -4.49. The van der Waals surface area contributed by atoms with E-state index >= 15 is 0 Å². The molecule has 5 N–H and O–H groups in total. The Labute approximate surface area is 187 Å². The van der Waals surface area contributed by atoms with Gasteiger partial charge in [-0.1, -0.05) is 32.0 Å². The lowest BCUT2D eigenvalue weighted by Crippen LogP contribution is -2.19. The van der Waals surface area contributed by atoms with Crippen LogP contribution in [0.15, 0.2) is 54.6 Å². The molecule has 0 bridgehead atoms. The number of hydrogen-bond acceptors (Lipinski definition) is 4. The SMILES string of the molecule is CC(C)c1cc(-c2ccc(NC(=O)Nc3cccc(C(F)(F)F)c3)cc2)c2c(N)n[nH]c2n1. The smallest absolute Gasteiger partial charge is 0.382 e. The summed E-state index contributed by atoms with van der Waals surface area (Å²) in [4.78, 5) is 16.8. The van der Waals surface area contributed by atoms with E-state index in [-0.39, 0.29) is 11.6 Å². The topological polar surface area (TPSA) is 109 Å². The van der Waals surface area contributed by atoms with E-state index in [1.165, 1.54) is 12.1 Å². The number of carbonyl (C=O) groups excluding carboxylic acids is 1. The molecule has 0 fully saturated rings. The van der Waals surface area contributed by atoms with Crippen molar-refractivity contribution in [1.29, 1.82) is 0 Å². The fraction of sp³-hybridized carbons (Fsp3) is 0.174. The Hall–Kier alpha value is -4.08. The third kappa shape index (κ3) is 4.74. The number of nitrogen functional groups attached to an aromatic ring is 1. The van der Waals surface area contributed by atoms with Crippen molar-refractivity contribution in [3.05, 3.63) is 65.9 Å². The Kier molecular flexibility index (Phi) is 5.67. The lowest BCUT2D eigenvalue weighted by molar-refractivity contribution is -0.137. The summed E-state index contributed by atoms with van der Waals surface area (Å²) in [5.41, 5.74) is 8.87. The molecule has 2 amide bonds. The van der Waals surface area contributed by atoms with Crippen molar-refractivity contribution in [2.24, 2.45) is 0 Å². The molecule has 7 nitrogen and oxygen atoms in total. The van der Waals surface area contributed by atoms with Gasteiger partial charge in [-0.05, 0) is 53.4 Å². The van der Waals surface area contributed by atoms with Crippen LogP contribution in [0.1, 0.15) is 31.0 Å². The van der Waals surface area contributed by atoms with Crippen LogP contribution in [0.3, 0.4) is 0 Å². The fourth-order valence-corrected chi connectivity index (χ4v) is 3.40. The van der Waals surface area contributed by atoms with Gasteiger partial charge in [0.15, 0.2) is 11.5 Å². The molecule has 2 aromatic carbocycles.